The minimum Gasteiger partial charge on any atom is -0.460 e. The summed E-state index contributed by atoms with van der Waals surface area (Å²) in [5.41, 5.74) is 0. The van der Waals surface area contributed by atoms with Crippen LogP contribution in [0.2, 0.25) is 0 Å². The quantitative estimate of drug-likeness (QED) is 0.333. The SMILES string of the molecule is CCCCCCCCCCCCC(=O)O[C@@H](CO)CCC(C)=O. The van der Waals surface area contributed by atoms with Gasteiger partial charge in [-0.25, -0.2) is 0 Å². The minimum atomic E-state index is -0.533. The van der Waals surface area contributed by atoms with Gasteiger partial charge in [0.15, 0.2) is 0 Å². The molecule has 136 valence electrons. The summed E-state index contributed by atoms with van der Waals surface area (Å²) in [5, 5.41) is 9.15. The van der Waals surface area contributed by atoms with Crippen molar-refractivity contribution in [1.29, 1.82) is 0 Å². The van der Waals surface area contributed by atoms with Crippen molar-refractivity contribution in [2.24, 2.45) is 0 Å². The Kier molecular flexibility index (Phi) is 15.4. The fourth-order valence-electron chi connectivity index (χ4n) is 2.55. The molecule has 0 aliphatic heterocycles. The number of carbonyl (C=O) groups is 2. The summed E-state index contributed by atoms with van der Waals surface area (Å²) in [6.07, 6.45) is 12.9. The number of rotatable bonds is 16. The molecule has 23 heavy (non-hydrogen) atoms. The van der Waals surface area contributed by atoms with E-state index in [1.54, 1.807) is 0 Å². The Labute approximate surface area is 142 Å². The first-order valence-corrected chi connectivity index (χ1v) is 9.40. The largest absolute Gasteiger partial charge is 0.460 e. The van der Waals surface area contributed by atoms with Gasteiger partial charge < -0.3 is 14.6 Å². The number of aliphatic hydroxyl groups is 1. The Morgan fingerprint density at radius 2 is 1.39 bits per heavy atom. The number of ether oxygens (including phenoxy) is 1. The third kappa shape index (κ3) is 15.8. The van der Waals surface area contributed by atoms with Crippen LogP contribution in [0.3, 0.4) is 0 Å². The van der Waals surface area contributed by atoms with Gasteiger partial charge in [0.25, 0.3) is 0 Å². The van der Waals surface area contributed by atoms with Crippen LogP contribution in [0, 0.1) is 0 Å². The molecule has 0 aromatic carbocycles. The highest BCUT2D eigenvalue weighted by Gasteiger charge is 2.13. The van der Waals surface area contributed by atoms with Gasteiger partial charge in [0.2, 0.25) is 0 Å². The lowest BCUT2D eigenvalue weighted by atomic mass is 10.1. The third-order valence-electron chi connectivity index (χ3n) is 4.05. The van der Waals surface area contributed by atoms with Crippen LogP contribution in [0.15, 0.2) is 0 Å². The van der Waals surface area contributed by atoms with E-state index in [0.29, 0.717) is 19.3 Å². The van der Waals surface area contributed by atoms with Crippen LogP contribution in [0.25, 0.3) is 0 Å². The van der Waals surface area contributed by atoms with Crippen LogP contribution >= 0.6 is 0 Å². The van der Waals surface area contributed by atoms with Gasteiger partial charge in [0.05, 0.1) is 6.61 Å². The van der Waals surface area contributed by atoms with Crippen LogP contribution in [-0.4, -0.2) is 29.6 Å². The van der Waals surface area contributed by atoms with Crippen molar-refractivity contribution in [2.45, 2.75) is 103 Å². The fourth-order valence-corrected chi connectivity index (χ4v) is 2.55. The fraction of sp³-hybridized carbons (Fsp3) is 0.895. The van der Waals surface area contributed by atoms with E-state index in [9.17, 15) is 9.59 Å². The zero-order valence-corrected chi connectivity index (χ0v) is 15.1. The van der Waals surface area contributed by atoms with Crippen molar-refractivity contribution >= 4 is 11.8 Å². The Morgan fingerprint density at radius 3 is 1.87 bits per heavy atom. The second kappa shape index (κ2) is 16.0. The lowest BCUT2D eigenvalue weighted by molar-refractivity contribution is -0.152. The van der Waals surface area contributed by atoms with E-state index in [2.05, 4.69) is 6.92 Å². The average molecular weight is 328 g/mol. The molecule has 0 heterocycles. The second-order valence-electron chi connectivity index (χ2n) is 6.47. The summed E-state index contributed by atoms with van der Waals surface area (Å²) in [4.78, 5) is 22.6. The zero-order chi connectivity index (χ0) is 17.3. The molecule has 0 aromatic rings. The number of esters is 1. The summed E-state index contributed by atoms with van der Waals surface area (Å²) >= 11 is 0. The van der Waals surface area contributed by atoms with Crippen LogP contribution in [0.5, 0.6) is 0 Å². The molecule has 0 aliphatic rings. The molecule has 0 bridgehead atoms. The summed E-state index contributed by atoms with van der Waals surface area (Å²) < 4.78 is 5.19. The van der Waals surface area contributed by atoms with Crippen LogP contribution in [-0.2, 0) is 14.3 Å². The van der Waals surface area contributed by atoms with Gasteiger partial charge in [-0.15, -0.1) is 0 Å². The Bertz CT molecular complexity index is 302. The summed E-state index contributed by atoms with van der Waals surface area (Å²) in [6, 6.07) is 0. The normalized spacial score (nSPS) is 12.1. The standard InChI is InChI=1S/C19H36O4/c1-3-4-5-6-7-8-9-10-11-12-13-19(22)23-18(16-20)15-14-17(2)21/h18,20H,3-16H2,1-2H3/t18-/m1/s1. The number of Topliss-reactive ketones (excluding diaryl/α,β-unsaturated/α-hetero) is 1. The topological polar surface area (TPSA) is 63.6 Å². The molecular formula is C19H36O4. The minimum absolute atomic E-state index is 0.0502. The van der Waals surface area contributed by atoms with Crippen molar-refractivity contribution in [3.8, 4) is 0 Å². The van der Waals surface area contributed by atoms with E-state index in [-0.39, 0.29) is 18.4 Å². The maximum atomic E-state index is 11.7. The first-order valence-electron chi connectivity index (χ1n) is 9.40. The number of hydrogen-bond acceptors (Lipinski definition) is 4. The lowest BCUT2D eigenvalue weighted by Crippen LogP contribution is -2.22. The predicted octanol–water partition coefficient (Wildman–Crippen LogP) is 4.57. The molecule has 4 nitrogen and oxygen atoms in total. The number of carbonyl (C=O) groups excluding carboxylic acids is 2. The molecule has 0 saturated carbocycles. The van der Waals surface area contributed by atoms with E-state index in [0.717, 1.165) is 12.8 Å². The molecule has 0 aromatic heterocycles. The van der Waals surface area contributed by atoms with Crippen LogP contribution < -0.4 is 0 Å². The molecule has 1 N–H and O–H groups in total. The number of unbranched alkanes of at least 4 members (excludes halogenated alkanes) is 9. The Morgan fingerprint density at radius 1 is 0.870 bits per heavy atom. The van der Waals surface area contributed by atoms with Crippen LogP contribution in [0.4, 0.5) is 0 Å². The van der Waals surface area contributed by atoms with Crippen molar-refractivity contribution in [1.82, 2.24) is 0 Å². The molecular weight excluding hydrogens is 292 g/mol. The van der Waals surface area contributed by atoms with E-state index >= 15 is 0 Å². The van der Waals surface area contributed by atoms with Gasteiger partial charge in [-0.2, -0.15) is 0 Å². The van der Waals surface area contributed by atoms with Gasteiger partial charge in [-0.3, -0.25) is 4.79 Å². The second-order valence-corrected chi connectivity index (χ2v) is 6.47. The lowest BCUT2D eigenvalue weighted by Gasteiger charge is -2.14. The molecule has 0 spiro atoms. The molecule has 0 fully saturated rings. The third-order valence-corrected chi connectivity index (χ3v) is 4.05. The molecule has 0 rings (SSSR count). The maximum absolute atomic E-state index is 11.7. The van der Waals surface area contributed by atoms with Crippen molar-refractivity contribution in [3.05, 3.63) is 0 Å². The van der Waals surface area contributed by atoms with Crippen LogP contribution in [0.1, 0.15) is 97.3 Å². The highest BCUT2D eigenvalue weighted by atomic mass is 16.5. The van der Waals surface area contributed by atoms with Gasteiger partial charge in [-0.1, -0.05) is 64.7 Å². The van der Waals surface area contributed by atoms with Gasteiger partial charge in [0, 0.05) is 12.8 Å². The van der Waals surface area contributed by atoms with Gasteiger partial charge in [0.1, 0.15) is 11.9 Å². The van der Waals surface area contributed by atoms with E-state index in [4.69, 9.17) is 9.84 Å². The van der Waals surface area contributed by atoms with Crippen molar-refractivity contribution in [2.75, 3.05) is 6.61 Å². The van der Waals surface area contributed by atoms with E-state index in [1.165, 1.54) is 58.3 Å². The van der Waals surface area contributed by atoms with Gasteiger partial charge in [-0.05, 0) is 19.8 Å². The number of hydrogen-bond donors (Lipinski definition) is 1. The van der Waals surface area contributed by atoms with E-state index < -0.39 is 6.10 Å². The summed E-state index contributed by atoms with van der Waals surface area (Å²) in [7, 11) is 0. The predicted molar refractivity (Wildman–Crippen MR) is 93.3 cm³/mol. The van der Waals surface area contributed by atoms with Gasteiger partial charge >= 0.3 is 5.97 Å². The number of ketones is 1. The smallest absolute Gasteiger partial charge is 0.306 e. The first-order chi connectivity index (χ1) is 11.1. The molecule has 0 aliphatic carbocycles. The highest BCUT2D eigenvalue weighted by molar-refractivity contribution is 5.75. The summed E-state index contributed by atoms with van der Waals surface area (Å²) in [6.45, 7) is 3.52. The Balaban J connectivity index is 3.46. The van der Waals surface area contributed by atoms with Crippen molar-refractivity contribution in [3.63, 3.8) is 0 Å². The Hall–Kier alpha value is -0.900. The maximum Gasteiger partial charge on any atom is 0.306 e. The molecule has 4 heteroatoms. The molecule has 0 radical (unpaired) electrons. The molecule has 0 saturated heterocycles. The van der Waals surface area contributed by atoms with Crippen molar-refractivity contribution < 1.29 is 19.4 Å². The monoisotopic (exact) mass is 328 g/mol. The van der Waals surface area contributed by atoms with E-state index in [1.807, 2.05) is 0 Å². The summed E-state index contributed by atoms with van der Waals surface area (Å²) in [5.74, 6) is -0.207. The first kappa shape index (κ1) is 22.1. The molecule has 0 unspecified atom stereocenters. The number of aliphatic hydroxyl groups excluding tert-OH is 1. The molecule has 1 atom stereocenters. The average Bonchev–Trinajstić information content (AvgIpc) is 2.53. The molecule has 0 amide bonds. The zero-order valence-electron chi connectivity index (χ0n) is 15.1. The highest BCUT2D eigenvalue weighted by Crippen LogP contribution is 2.12.